The zero-order valence-corrected chi connectivity index (χ0v) is 15.1. The van der Waals surface area contributed by atoms with Crippen LogP contribution in [0.15, 0.2) is 30.3 Å². The minimum Gasteiger partial charge on any atom is -0.493 e. The molecule has 0 bridgehead atoms. The SMILES string of the molecule is CCOc1ccc(/C=C/c2cc(OC)c(OC)c(OC)c2)cc1[N+](=O)[O-]. The Bertz CT molecular complexity index is 791. The minimum absolute atomic E-state index is 0.0705. The van der Waals surface area contributed by atoms with E-state index in [1.165, 1.54) is 13.2 Å². The predicted molar refractivity (Wildman–Crippen MR) is 99.3 cm³/mol. The zero-order chi connectivity index (χ0) is 19.1. The summed E-state index contributed by atoms with van der Waals surface area (Å²) in [6.45, 7) is 2.14. The Kier molecular flexibility index (Phi) is 6.43. The van der Waals surface area contributed by atoms with Crippen LogP contribution in [0, 0.1) is 10.1 Å². The van der Waals surface area contributed by atoms with Gasteiger partial charge in [0.2, 0.25) is 5.75 Å². The number of nitro groups is 1. The highest BCUT2D eigenvalue weighted by Crippen LogP contribution is 2.38. The molecule has 0 aliphatic rings. The number of ether oxygens (including phenoxy) is 4. The van der Waals surface area contributed by atoms with Gasteiger partial charge in [-0.15, -0.1) is 0 Å². The zero-order valence-electron chi connectivity index (χ0n) is 15.1. The third kappa shape index (κ3) is 4.24. The van der Waals surface area contributed by atoms with Crippen molar-refractivity contribution in [2.24, 2.45) is 0 Å². The van der Waals surface area contributed by atoms with Crippen LogP contribution in [0.25, 0.3) is 12.2 Å². The lowest BCUT2D eigenvalue weighted by molar-refractivity contribution is -0.385. The van der Waals surface area contributed by atoms with Crippen molar-refractivity contribution in [1.29, 1.82) is 0 Å². The lowest BCUT2D eigenvalue weighted by Crippen LogP contribution is -1.97. The van der Waals surface area contributed by atoms with E-state index in [4.69, 9.17) is 18.9 Å². The summed E-state index contributed by atoms with van der Waals surface area (Å²) in [4.78, 5) is 10.8. The van der Waals surface area contributed by atoms with Crippen molar-refractivity contribution >= 4 is 17.8 Å². The fourth-order valence-electron chi connectivity index (χ4n) is 2.45. The molecule has 0 radical (unpaired) electrons. The fraction of sp³-hybridized carbons (Fsp3) is 0.263. The van der Waals surface area contributed by atoms with E-state index in [0.717, 1.165) is 5.56 Å². The lowest BCUT2D eigenvalue weighted by atomic mass is 10.1. The second kappa shape index (κ2) is 8.75. The monoisotopic (exact) mass is 359 g/mol. The maximum Gasteiger partial charge on any atom is 0.311 e. The molecule has 0 spiro atoms. The summed E-state index contributed by atoms with van der Waals surface area (Å²) < 4.78 is 21.2. The summed E-state index contributed by atoms with van der Waals surface area (Å²) in [5, 5.41) is 11.2. The summed E-state index contributed by atoms with van der Waals surface area (Å²) in [5.74, 6) is 1.82. The van der Waals surface area contributed by atoms with E-state index < -0.39 is 4.92 Å². The van der Waals surface area contributed by atoms with E-state index in [1.54, 1.807) is 51.5 Å². The van der Waals surface area contributed by atoms with Gasteiger partial charge in [0.25, 0.3) is 0 Å². The van der Waals surface area contributed by atoms with Crippen LogP contribution in [-0.2, 0) is 0 Å². The first-order chi connectivity index (χ1) is 12.5. The average molecular weight is 359 g/mol. The number of methoxy groups -OCH3 is 3. The first-order valence-electron chi connectivity index (χ1n) is 7.93. The Balaban J connectivity index is 2.37. The Labute approximate surface area is 151 Å². The van der Waals surface area contributed by atoms with Gasteiger partial charge in [0.15, 0.2) is 17.2 Å². The van der Waals surface area contributed by atoms with E-state index in [0.29, 0.717) is 29.4 Å². The van der Waals surface area contributed by atoms with E-state index >= 15 is 0 Å². The van der Waals surface area contributed by atoms with E-state index in [1.807, 2.05) is 6.08 Å². The molecule has 0 aromatic heterocycles. The average Bonchev–Trinajstić information content (AvgIpc) is 2.66. The molecule has 0 N–H and O–H groups in total. The highest BCUT2D eigenvalue weighted by molar-refractivity contribution is 5.74. The number of hydrogen-bond acceptors (Lipinski definition) is 6. The number of nitrogens with zero attached hydrogens (tertiary/aromatic N) is 1. The van der Waals surface area contributed by atoms with Crippen molar-refractivity contribution in [1.82, 2.24) is 0 Å². The Morgan fingerprint density at radius 2 is 1.54 bits per heavy atom. The van der Waals surface area contributed by atoms with Gasteiger partial charge in [0.1, 0.15) is 0 Å². The van der Waals surface area contributed by atoms with E-state index in [9.17, 15) is 10.1 Å². The van der Waals surface area contributed by atoms with E-state index in [2.05, 4.69) is 0 Å². The van der Waals surface area contributed by atoms with Crippen LogP contribution in [0.1, 0.15) is 18.1 Å². The molecule has 2 rings (SSSR count). The maximum atomic E-state index is 11.2. The second-order valence-corrected chi connectivity index (χ2v) is 5.21. The summed E-state index contributed by atoms with van der Waals surface area (Å²) >= 11 is 0. The summed E-state index contributed by atoms with van der Waals surface area (Å²) in [6.07, 6.45) is 3.58. The van der Waals surface area contributed by atoms with E-state index in [-0.39, 0.29) is 11.4 Å². The quantitative estimate of drug-likeness (QED) is 0.399. The van der Waals surface area contributed by atoms with Gasteiger partial charge in [0.05, 0.1) is 32.9 Å². The Morgan fingerprint density at radius 3 is 2.04 bits per heavy atom. The van der Waals surface area contributed by atoms with Crippen LogP contribution in [-0.4, -0.2) is 32.9 Å². The molecule has 0 saturated carbocycles. The van der Waals surface area contributed by atoms with Crippen LogP contribution >= 0.6 is 0 Å². The van der Waals surface area contributed by atoms with Crippen LogP contribution in [0.5, 0.6) is 23.0 Å². The Hall–Kier alpha value is -3.22. The molecule has 0 aliphatic carbocycles. The van der Waals surface area contributed by atoms with Gasteiger partial charge < -0.3 is 18.9 Å². The molecule has 2 aromatic rings. The molecule has 0 atom stereocenters. The van der Waals surface area contributed by atoms with Gasteiger partial charge in [-0.05, 0) is 36.2 Å². The molecule has 0 unspecified atom stereocenters. The van der Waals surface area contributed by atoms with Gasteiger partial charge in [-0.25, -0.2) is 0 Å². The van der Waals surface area contributed by atoms with Gasteiger partial charge in [-0.1, -0.05) is 18.2 Å². The normalized spacial score (nSPS) is 10.6. The number of nitro benzene ring substituents is 1. The smallest absolute Gasteiger partial charge is 0.311 e. The van der Waals surface area contributed by atoms with Gasteiger partial charge >= 0.3 is 5.69 Å². The molecular weight excluding hydrogens is 338 g/mol. The number of benzene rings is 2. The molecule has 0 amide bonds. The topological polar surface area (TPSA) is 80.1 Å². The molecule has 2 aromatic carbocycles. The summed E-state index contributed by atoms with van der Waals surface area (Å²) in [6, 6.07) is 8.41. The van der Waals surface area contributed by atoms with Crippen LogP contribution < -0.4 is 18.9 Å². The van der Waals surface area contributed by atoms with Crippen molar-refractivity contribution in [3.8, 4) is 23.0 Å². The lowest BCUT2D eigenvalue weighted by Gasteiger charge is -2.12. The van der Waals surface area contributed by atoms with Crippen LogP contribution in [0.2, 0.25) is 0 Å². The van der Waals surface area contributed by atoms with Crippen molar-refractivity contribution in [2.75, 3.05) is 27.9 Å². The molecule has 26 heavy (non-hydrogen) atoms. The van der Waals surface area contributed by atoms with Crippen molar-refractivity contribution in [3.63, 3.8) is 0 Å². The van der Waals surface area contributed by atoms with Gasteiger partial charge in [-0.3, -0.25) is 10.1 Å². The van der Waals surface area contributed by atoms with Gasteiger partial charge in [0, 0.05) is 6.07 Å². The molecule has 7 heteroatoms. The fourth-order valence-corrected chi connectivity index (χ4v) is 2.45. The third-order valence-corrected chi connectivity index (χ3v) is 3.63. The molecule has 7 nitrogen and oxygen atoms in total. The first kappa shape index (κ1) is 19.1. The summed E-state index contributed by atoms with van der Waals surface area (Å²) in [7, 11) is 4.62. The summed E-state index contributed by atoms with van der Waals surface area (Å²) in [5.41, 5.74) is 1.41. The molecule has 0 heterocycles. The van der Waals surface area contributed by atoms with Crippen LogP contribution in [0.3, 0.4) is 0 Å². The minimum atomic E-state index is -0.457. The van der Waals surface area contributed by atoms with Crippen molar-refractivity contribution in [2.45, 2.75) is 6.92 Å². The third-order valence-electron chi connectivity index (χ3n) is 3.63. The Morgan fingerprint density at radius 1 is 0.923 bits per heavy atom. The van der Waals surface area contributed by atoms with Gasteiger partial charge in [-0.2, -0.15) is 0 Å². The standard InChI is InChI=1S/C19H21NO6/c1-5-26-16-9-8-13(10-15(16)20(21)22)6-7-14-11-17(23-2)19(25-4)18(12-14)24-3/h6-12H,5H2,1-4H3/b7-6+. The first-order valence-corrected chi connectivity index (χ1v) is 7.93. The van der Waals surface area contributed by atoms with Crippen molar-refractivity contribution in [3.05, 3.63) is 51.6 Å². The van der Waals surface area contributed by atoms with Crippen molar-refractivity contribution < 1.29 is 23.9 Å². The van der Waals surface area contributed by atoms with Crippen LogP contribution in [0.4, 0.5) is 5.69 Å². The highest BCUT2D eigenvalue weighted by atomic mass is 16.6. The number of rotatable bonds is 8. The maximum absolute atomic E-state index is 11.2. The molecule has 0 fully saturated rings. The predicted octanol–water partition coefficient (Wildman–Crippen LogP) is 4.19. The second-order valence-electron chi connectivity index (χ2n) is 5.21. The highest BCUT2D eigenvalue weighted by Gasteiger charge is 2.15. The molecule has 138 valence electrons. The molecular formula is C19H21NO6. The molecule has 0 saturated heterocycles. The molecule has 0 aliphatic heterocycles. The largest absolute Gasteiger partial charge is 0.493 e. The number of hydrogen-bond donors (Lipinski definition) is 0.